The first kappa shape index (κ1) is 20.1. The molecule has 0 bridgehead atoms. The van der Waals surface area contributed by atoms with Gasteiger partial charge in [0, 0.05) is 11.6 Å². The van der Waals surface area contributed by atoms with Crippen molar-refractivity contribution >= 4 is 5.91 Å². The summed E-state index contributed by atoms with van der Waals surface area (Å²) in [5, 5.41) is 2.66. The molecule has 29 heavy (non-hydrogen) atoms. The maximum absolute atomic E-state index is 12.8. The van der Waals surface area contributed by atoms with Crippen LogP contribution >= 0.6 is 0 Å². The Kier molecular flexibility index (Phi) is 6.57. The topological polar surface area (TPSA) is 82.5 Å². The molecule has 1 heterocycles. The minimum Gasteiger partial charge on any atom is -0.497 e. The second kappa shape index (κ2) is 9.50. The van der Waals surface area contributed by atoms with Crippen LogP contribution in [0.4, 0.5) is 4.39 Å². The largest absolute Gasteiger partial charge is 0.497 e. The Morgan fingerprint density at radius 1 is 1.10 bits per heavy atom. The predicted octanol–water partition coefficient (Wildman–Crippen LogP) is 2.25. The average Bonchev–Trinajstić information content (AvgIpc) is 2.74. The van der Waals surface area contributed by atoms with Crippen molar-refractivity contribution in [3.8, 4) is 22.8 Å². The van der Waals surface area contributed by atoms with Crippen molar-refractivity contribution in [1.29, 1.82) is 0 Å². The molecular weight excluding hydrogens is 377 g/mol. The molecule has 0 unspecified atom stereocenters. The lowest BCUT2D eigenvalue weighted by Gasteiger charge is -2.09. The first-order chi connectivity index (χ1) is 14.0. The Hall–Kier alpha value is -3.68. The molecule has 1 amide bonds. The third kappa shape index (κ3) is 5.65. The van der Waals surface area contributed by atoms with Gasteiger partial charge in [0.05, 0.1) is 25.7 Å². The molecule has 7 nitrogen and oxygen atoms in total. The number of nitrogens with one attached hydrogen (secondary N) is 1. The van der Waals surface area contributed by atoms with E-state index in [9.17, 15) is 14.0 Å². The second-order valence-electron chi connectivity index (χ2n) is 6.12. The van der Waals surface area contributed by atoms with Crippen LogP contribution in [-0.4, -0.2) is 35.7 Å². The van der Waals surface area contributed by atoms with Gasteiger partial charge in [-0.25, -0.2) is 9.37 Å². The number of benzene rings is 2. The zero-order valence-electron chi connectivity index (χ0n) is 15.8. The van der Waals surface area contributed by atoms with Crippen LogP contribution in [0, 0.1) is 5.82 Å². The highest BCUT2D eigenvalue weighted by atomic mass is 19.1. The SMILES string of the molecule is COc1ccc(-c2cc(=O)n(CC(=O)NCCOc3ccc(F)cc3)cn2)cc1. The molecule has 0 fully saturated rings. The number of halogens is 1. The molecular formula is C21H20FN3O4. The fourth-order valence-electron chi connectivity index (χ4n) is 2.57. The molecule has 8 heteroatoms. The molecule has 1 N–H and O–H groups in total. The fourth-order valence-corrected chi connectivity index (χ4v) is 2.57. The lowest BCUT2D eigenvalue weighted by atomic mass is 10.1. The van der Waals surface area contributed by atoms with Gasteiger partial charge in [-0.1, -0.05) is 0 Å². The Bertz CT molecular complexity index is 1020. The van der Waals surface area contributed by atoms with Crippen LogP contribution in [0.3, 0.4) is 0 Å². The Morgan fingerprint density at radius 3 is 2.45 bits per heavy atom. The quantitative estimate of drug-likeness (QED) is 0.590. The van der Waals surface area contributed by atoms with Crippen molar-refractivity contribution in [2.24, 2.45) is 0 Å². The van der Waals surface area contributed by atoms with Crippen LogP contribution < -0.4 is 20.3 Å². The highest BCUT2D eigenvalue weighted by Gasteiger charge is 2.07. The number of hydrogen-bond donors (Lipinski definition) is 1. The first-order valence-electron chi connectivity index (χ1n) is 8.91. The zero-order valence-corrected chi connectivity index (χ0v) is 15.8. The third-order valence-electron chi connectivity index (χ3n) is 4.09. The number of rotatable bonds is 8. The van der Waals surface area contributed by atoms with Gasteiger partial charge in [0.1, 0.15) is 30.5 Å². The number of aromatic nitrogens is 2. The molecule has 0 aliphatic heterocycles. The summed E-state index contributed by atoms with van der Waals surface area (Å²) in [6.45, 7) is 0.328. The predicted molar refractivity (Wildman–Crippen MR) is 105 cm³/mol. The van der Waals surface area contributed by atoms with Crippen LogP contribution in [0.1, 0.15) is 0 Å². The monoisotopic (exact) mass is 397 g/mol. The van der Waals surface area contributed by atoms with Gasteiger partial charge in [-0.15, -0.1) is 0 Å². The van der Waals surface area contributed by atoms with Crippen molar-refractivity contribution in [2.45, 2.75) is 6.54 Å². The van der Waals surface area contributed by atoms with Crippen molar-refractivity contribution in [3.05, 3.63) is 77.1 Å². The maximum atomic E-state index is 12.8. The first-order valence-corrected chi connectivity index (χ1v) is 8.91. The van der Waals surface area contributed by atoms with Gasteiger partial charge < -0.3 is 14.8 Å². The Balaban J connectivity index is 1.50. The van der Waals surface area contributed by atoms with E-state index in [-0.39, 0.29) is 37.0 Å². The molecule has 0 radical (unpaired) electrons. The van der Waals surface area contributed by atoms with Gasteiger partial charge in [-0.3, -0.25) is 14.2 Å². The summed E-state index contributed by atoms with van der Waals surface area (Å²) in [5.74, 6) is 0.536. The number of carbonyl (C=O) groups is 1. The maximum Gasteiger partial charge on any atom is 0.254 e. The summed E-state index contributed by atoms with van der Waals surface area (Å²) in [6.07, 6.45) is 1.34. The molecule has 0 aliphatic carbocycles. The van der Waals surface area contributed by atoms with Gasteiger partial charge in [-0.05, 0) is 48.5 Å². The minimum absolute atomic E-state index is 0.148. The number of nitrogens with zero attached hydrogens (tertiary/aromatic N) is 2. The average molecular weight is 397 g/mol. The molecule has 0 saturated carbocycles. The lowest BCUT2D eigenvalue weighted by molar-refractivity contribution is -0.121. The summed E-state index contributed by atoms with van der Waals surface area (Å²) >= 11 is 0. The van der Waals surface area contributed by atoms with Crippen molar-refractivity contribution in [1.82, 2.24) is 14.9 Å². The molecule has 0 aliphatic rings. The number of carbonyl (C=O) groups excluding carboxylic acids is 1. The summed E-state index contributed by atoms with van der Waals surface area (Å²) in [4.78, 5) is 28.6. The van der Waals surface area contributed by atoms with Gasteiger partial charge in [0.15, 0.2) is 0 Å². The van der Waals surface area contributed by atoms with Crippen molar-refractivity contribution in [2.75, 3.05) is 20.3 Å². The van der Waals surface area contributed by atoms with E-state index in [1.807, 2.05) is 0 Å². The molecule has 3 aromatic rings. The van der Waals surface area contributed by atoms with Crippen molar-refractivity contribution < 1.29 is 18.7 Å². The van der Waals surface area contributed by atoms with Crippen LogP contribution in [-0.2, 0) is 11.3 Å². The molecule has 2 aromatic carbocycles. The highest BCUT2D eigenvalue weighted by molar-refractivity contribution is 5.75. The van der Waals surface area contributed by atoms with E-state index in [1.165, 1.54) is 41.2 Å². The third-order valence-corrected chi connectivity index (χ3v) is 4.09. The Morgan fingerprint density at radius 2 is 1.79 bits per heavy atom. The fraction of sp³-hybridized carbons (Fsp3) is 0.190. The number of amides is 1. The van der Waals surface area contributed by atoms with E-state index in [2.05, 4.69) is 10.3 Å². The van der Waals surface area contributed by atoms with Crippen LogP contribution in [0.15, 0.2) is 65.7 Å². The van der Waals surface area contributed by atoms with Crippen LogP contribution in [0.25, 0.3) is 11.3 Å². The van der Waals surface area contributed by atoms with E-state index in [0.717, 1.165) is 5.56 Å². The van der Waals surface area contributed by atoms with E-state index in [0.29, 0.717) is 17.2 Å². The van der Waals surface area contributed by atoms with Crippen LogP contribution in [0.5, 0.6) is 11.5 Å². The smallest absolute Gasteiger partial charge is 0.254 e. The van der Waals surface area contributed by atoms with E-state index in [1.54, 1.807) is 31.4 Å². The number of methoxy groups -OCH3 is 1. The van der Waals surface area contributed by atoms with Gasteiger partial charge in [-0.2, -0.15) is 0 Å². The van der Waals surface area contributed by atoms with Gasteiger partial charge >= 0.3 is 0 Å². The van der Waals surface area contributed by atoms with E-state index >= 15 is 0 Å². The normalized spacial score (nSPS) is 10.4. The Labute approximate surface area is 166 Å². The number of hydrogen-bond acceptors (Lipinski definition) is 5. The molecule has 0 spiro atoms. The lowest BCUT2D eigenvalue weighted by Crippen LogP contribution is -2.34. The summed E-state index contributed by atoms with van der Waals surface area (Å²) in [5.41, 5.74) is 0.961. The zero-order chi connectivity index (χ0) is 20.6. The highest BCUT2D eigenvalue weighted by Crippen LogP contribution is 2.19. The summed E-state index contributed by atoms with van der Waals surface area (Å²) < 4.78 is 24.5. The van der Waals surface area contributed by atoms with E-state index in [4.69, 9.17) is 9.47 Å². The molecule has 1 aromatic heterocycles. The number of ether oxygens (including phenoxy) is 2. The van der Waals surface area contributed by atoms with Gasteiger partial charge in [0.2, 0.25) is 5.91 Å². The minimum atomic E-state index is -0.345. The van der Waals surface area contributed by atoms with Crippen LogP contribution in [0.2, 0.25) is 0 Å². The van der Waals surface area contributed by atoms with E-state index < -0.39 is 0 Å². The van der Waals surface area contributed by atoms with Crippen molar-refractivity contribution in [3.63, 3.8) is 0 Å². The summed E-state index contributed by atoms with van der Waals surface area (Å²) in [6, 6.07) is 14.2. The standard InChI is InChI=1S/C21H20FN3O4/c1-28-17-6-2-15(3-7-17)19-12-21(27)25(14-24-19)13-20(26)23-10-11-29-18-8-4-16(22)5-9-18/h2-9,12,14H,10-11,13H2,1H3,(H,23,26). The summed E-state index contributed by atoms with van der Waals surface area (Å²) in [7, 11) is 1.58. The molecule has 0 saturated heterocycles. The van der Waals surface area contributed by atoms with Gasteiger partial charge in [0.25, 0.3) is 5.56 Å². The molecule has 150 valence electrons. The molecule has 0 atom stereocenters. The second-order valence-corrected chi connectivity index (χ2v) is 6.12. The molecule has 3 rings (SSSR count).